The highest BCUT2D eigenvalue weighted by Gasteiger charge is 2.06. The summed E-state index contributed by atoms with van der Waals surface area (Å²) in [7, 11) is 0. The summed E-state index contributed by atoms with van der Waals surface area (Å²) in [6, 6.07) is 3.91. The lowest BCUT2D eigenvalue weighted by atomic mass is 10.0. The monoisotopic (exact) mass is 179 g/mol. The van der Waals surface area contributed by atoms with E-state index in [1.54, 1.807) is 0 Å². The van der Waals surface area contributed by atoms with Gasteiger partial charge in [0.05, 0.1) is 0 Å². The van der Waals surface area contributed by atoms with E-state index in [9.17, 15) is 0 Å². The first kappa shape index (κ1) is 10.0. The Bertz CT molecular complexity index is 284. The van der Waals surface area contributed by atoms with E-state index in [4.69, 9.17) is 17.2 Å². The quantitative estimate of drug-likeness (QED) is 0.589. The van der Waals surface area contributed by atoms with Gasteiger partial charge in [-0.05, 0) is 30.5 Å². The highest BCUT2D eigenvalue weighted by atomic mass is 14.7. The smallest absolute Gasteiger partial charge is 0.0419 e. The lowest BCUT2D eigenvalue weighted by molar-refractivity contribution is 0.736. The van der Waals surface area contributed by atoms with E-state index in [0.717, 1.165) is 22.4 Å². The molecule has 6 N–H and O–H groups in total. The van der Waals surface area contributed by atoms with Crippen molar-refractivity contribution in [1.82, 2.24) is 0 Å². The van der Waals surface area contributed by atoms with E-state index >= 15 is 0 Å². The Morgan fingerprint density at radius 3 is 2.08 bits per heavy atom. The maximum atomic E-state index is 5.82. The Morgan fingerprint density at radius 1 is 1.23 bits per heavy atom. The second kappa shape index (κ2) is 3.77. The van der Waals surface area contributed by atoms with Gasteiger partial charge in [0.1, 0.15) is 0 Å². The molecule has 13 heavy (non-hydrogen) atoms. The Balaban J connectivity index is 3.13. The fourth-order valence-corrected chi connectivity index (χ4v) is 1.36. The van der Waals surface area contributed by atoms with Crippen LogP contribution in [-0.4, -0.2) is 6.54 Å². The summed E-state index contributed by atoms with van der Waals surface area (Å²) in [5.41, 5.74) is 21.2. The van der Waals surface area contributed by atoms with Crippen LogP contribution in [0.25, 0.3) is 0 Å². The summed E-state index contributed by atoms with van der Waals surface area (Å²) in [6.07, 6.45) is 0. The molecule has 0 bridgehead atoms. The number of benzene rings is 1. The third kappa shape index (κ3) is 1.99. The van der Waals surface area contributed by atoms with Gasteiger partial charge in [-0.1, -0.05) is 12.1 Å². The zero-order chi connectivity index (χ0) is 10.0. The molecule has 0 radical (unpaired) electrons. The molecule has 0 aliphatic rings. The van der Waals surface area contributed by atoms with Gasteiger partial charge < -0.3 is 17.2 Å². The molecule has 0 amide bonds. The van der Waals surface area contributed by atoms with Crippen LogP contribution in [-0.2, 0) is 0 Å². The average molecular weight is 179 g/mol. The summed E-state index contributed by atoms with van der Waals surface area (Å²) in [5.74, 6) is 0. The van der Waals surface area contributed by atoms with Crippen molar-refractivity contribution in [2.24, 2.45) is 11.5 Å². The molecule has 1 atom stereocenters. The lowest BCUT2D eigenvalue weighted by Gasteiger charge is -2.13. The van der Waals surface area contributed by atoms with Crippen molar-refractivity contribution in [3.63, 3.8) is 0 Å². The molecule has 0 aromatic heterocycles. The minimum Gasteiger partial charge on any atom is -0.398 e. The molecule has 0 aliphatic carbocycles. The summed E-state index contributed by atoms with van der Waals surface area (Å²) in [5, 5.41) is 0. The number of hydrogen-bond acceptors (Lipinski definition) is 3. The van der Waals surface area contributed by atoms with Crippen LogP contribution in [0, 0.1) is 13.8 Å². The molecule has 3 nitrogen and oxygen atoms in total. The van der Waals surface area contributed by atoms with Crippen LogP contribution in [0.15, 0.2) is 12.1 Å². The van der Waals surface area contributed by atoms with Crippen LogP contribution in [0.1, 0.15) is 22.7 Å². The van der Waals surface area contributed by atoms with Gasteiger partial charge in [-0.3, -0.25) is 0 Å². The molecule has 0 heterocycles. The topological polar surface area (TPSA) is 78.1 Å². The van der Waals surface area contributed by atoms with Crippen molar-refractivity contribution < 1.29 is 0 Å². The Kier molecular flexibility index (Phi) is 2.90. The Labute approximate surface area is 78.9 Å². The fourth-order valence-electron chi connectivity index (χ4n) is 1.36. The zero-order valence-electron chi connectivity index (χ0n) is 8.17. The molecule has 0 unspecified atom stereocenters. The number of nitrogens with two attached hydrogens (primary N) is 3. The predicted molar refractivity (Wildman–Crippen MR) is 56.3 cm³/mol. The number of anilines is 1. The van der Waals surface area contributed by atoms with Gasteiger partial charge in [0.15, 0.2) is 0 Å². The minimum absolute atomic E-state index is 0.0852. The van der Waals surface area contributed by atoms with Crippen LogP contribution >= 0.6 is 0 Å². The normalized spacial score (nSPS) is 12.9. The maximum absolute atomic E-state index is 5.82. The maximum Gasteiger partial charge on any atom is 0.0419 e. The third-order valence-corrected chi connectivity index (χ3v) is 2.30. The highest BCUT2D eigenvalue weighted by molar-refractivity contribution is 5.54. The van der Waals surface area contributed by atoms with Gasteiger partial charge >= 0.3 is 0 Å². The molecular formula is C10H17N3. The molecule has 0 saturated carbocycles. The van der Waals surface area contributed by atoms with E-state index in [1.165, 1.54) is 0 Å². The summed E-state index contributed by atoms with van der Waals surface area (Å²) in [6.45, 7) is 4.42. The molecule has 1 aromatic rings. The van der Waals surface area contributed by atoms with Crippen molar-refractivity contribution in [2.45, 2.75) is 19.9 Å². The van der Waals surface area contributed by atoms with E-state index in [-0.39, 0.29) is 6.04 Å². The van der Waals surface area contributed by atoms with Crippen LogP contribution in [0.2, 0.25) is 0 Å². The van der Waals surface area contributed by atoms with Gasteiger partial charge in [-0.25, -0.2) is 0 Å². The number of rotatable bonds is 2. The predicted octanol–water partition coefficient (Wildman–Crippen LogP) is 0.844. The molecular weight excluding hydrogens is 162 g/mol. The fraction of sp³-hybridized carbons (Fsp3) is 0.400. The van der Waals surface area contributed by atoms with E-state index in [2.05, 4.69) is 0 Å². The molecule has 72 valence electrons. The molecule has 0 fully saturated rings. The van der Waals surface area contributed by atoms with Crippen molar-refractivity contribution in [2.75, 3.05) is 12.3 Å². The first-order valence-electron chi connectivity index (χ1n) is 4.38. The molecule has 1 aromatic carbocycles. The summed E-state index contributed by atoms with van der Waals surface area (Å²) < 4.78 is 0. The Morgan fingerprint density at radius 2 is 1.69 bits per heavy atom. The van der Waals surface area contributed by atoms with Crippen molar-refractivity contribution in [3.8, 4) is 0 Å². The highest BCUT2D eigenvalue weighted by Crippen LogP contribution is 2.21. The molecule has 1 rings (SSSR count). The summed E-state index contributed by atoms with van der Waals surface area (Å²) in [4.78, 5) is 0. The summed E-state index contributed by atoms with van der Waals surface area (Å²) >= 11 is 0. The Hall–Kier alpha value is -1.06. The van der Waals surface area contributed by atoms with Crippen LogP contribution in [0.5, 0.6) is 0 Å². The average Bonchev–Trinajstić information content (AvgIpc) is 2.12. The molecule has 0 spiro atoms. The van der Waals surface area contributed by atoms with E-state index < -0.39 is 0 Å². The SMILES string of the molecule is Cc1cc([C@H](N)CN)cc(C)c1N. The molecule has 0 saturated heterocycles. The van der Waals surface area contributed by atoms with E-state index in [1.807, 2.05) is 26.0 Å². The van der Waals surface area contributed by atoms with Crippen LogP contribution in [0.3, 0.4) is 0 Å². The number of aryl methyl sites for hydroxylation is 2. The zero-order valence-corrected chi connectivity index (χ0v) is 8.17. The van der Waals surface area contributed by atoms with Gasteiger partial charge in [0, 0.05) is 18.3 Å². The standard InChI is InChI=1S/C10H17N3/c1-6-3-8(9(12)5-11)4-7(2)10(6)13/h3-4,9H,5,11-13H2,1-2H3/t9-/m1/s1. The lowest BCUT2D eigenvalue weighted by Crippen LogP contribution is -2.21. The van der Waals surface area contributed by atoms with Gasteiger partial charge in [0.25, 0.3) is 0 Å². The van der Waals surface area contributed by atoms with Gasteiger partial charge in [-0.15, -0.1) is 0 Å². The van der Waals surface area contributed by atoms with Gasteiger partial charge in [-0.2, -0.15) is 0 Å². The first-order valence-corrected chi connectivity index (χ1v) is 4.38. The second-order valence-corrected chi connectivity index (χ2v) is 3.41. The molecule has 3 heteroatoms. The second-order valence-electron chi connectivity index (χ2n) is 3.41. The van der Waals surface area contributed by atoms with Crippen LogP contribution in [0.4, 0.5) is 5.69 Å². The number of hydrogen-bond donors (Lipinski definition) is 3. The first-order chi connectivity index (χ1) is 6.06. The van der Waals surface area contributed by atoms with Crippen molar-refractivity contribution in [3.05, 3.63) is 28.8 Å². The third-order valence-electron chi connectivity index (χ3n) is 2.30. The molecule has 0 aliphatic heterocycles. The largest absolute Gasteiger partial charge is 0.398 e. The van der Waals surface area contributed by atoms with Crippen molar-refractivity contribution >= 4 is 5.69 Å². The van der Waals surface area contributed by atoms with Crippen molar-refractivity contribution in [1.29, 1.82) is 0 Å². The number of nitrogen functional groups attached to an aromatic ring is 1. The van der Waals surface area contributed by atoms with Gasteiger partial charge in [0.2, 0.25) is 0 Å². The minimum atomic E-state index is -0.0852. The van der Waals surface area contributed by atoms with E-state index in [0.29, 0.717) is 6.54 Å². The van der Waals surface area contributed by atoms with Crippen LogP contribution < -0.4 is 17.2 Å².